The summed E-state index contributed by atoms with van der Waals surface area (Å²) in [6, 6.07) is 6.10. The Kier molecular flexibility index (Phi) is 4.70. The molecule has 0 saturated heterocycles. The molecule has 1 aromatic heterocycles. The van der Waals surface area contributed by atoms with E-state index in [2.05, 4.69) is 10.3 Å². The molecule has 0 unspecified atom stereocenters. The van der Waals surface area contributed by atoms with Gasteiger partial charge in [0.25, 0.3) is 5.69 Å². The monoisotopic (exact) mass is 309 g/mol. The number of thioether (sulfide) groups is 1. The van der Waals surface area contributed by atoms with Crippen molar-refractivity contribution in [1.82, 2.24) is 4.98 Å². The SMILES string of the molecule is Cc1csc(NC(=O)CSc2ccc([N+](=O)[O-])cc2)n1. The summed E-state index contributed by atoms with van der Waals surface area (Å²) < 4.78 is 0. The van der Waals surface area contributed by atoms with Crippen LogP contribution in [0, 0.1) is 17.0 Å². The summed E-state index contributed by atoms with van der Waals surface area (Å²) in [5.74, 6) is 0.0823. The quantitative estimate of drug-likeness (QED) is 0.521. The number of aryl methyl sites for hydroxylation is 1. The van der Waals surface area contributed by atoms with Crippen LogP contribution < -0.4 is 5.32 Å². The molecule has 0 saturated carbocycles. The predicted molar refractivity (Wildman–Crippen MR) is 79.3 cm³/mol. The number of aromatic nitrogens is 1. The number of hydrogen-bond acceptors (Lipinski definition) is 6. The van der Waals surface area contributed by atoms with Crippen LogP contribution >= 0.6 is 23.1 Å². The molecule has 104 valence electrons. The zero-order chi connectivity index (χ0) is 14.5. The van der Waals surface area contributed by atoms with E-state index in [0.717, 1.165) is 10.6 Å². The van der Waals surface area contributed by atoms with Crippen molar-refractivity contribution in [2.45, 2.75) is 11.8 Å². The molecule has 0 aliphatic carbocycles. The molecule has 0 aliphatic rings. The molecule has 0 fully saturated rings. The zero-order valence-corrected chi connectivity index (χ0v) is 12.2. The number of thiazole rings is 1. The highest BCUT2D eigenvalue weighted by molar-refractivity contribution is 8.00. The average molecular weight is 309 g/mol. The van der Waals surface area contributed by atoms with Crippen LogP contribution in [0.25, 0.3) is 0 Å². The van der Waals surface area contributed by atoms with Crippen LogP contribution in [0.2, 0.25) is 0 Å². The molecule has 2 rings (SSSR count). The van der Waals surface area contributed by atoms with Crippen molar-refractivity contribution in [3.63, 3.8) is 0 Å². The number of benzene rings is 1. The summed E-state index contributed by atoms with van der Waals surface area (Å²) in [5, 5.41) is 15.7. The highest BCUT2D eigenvalue weighted by Gasteiger charge is 2.08. The van der Waals surface area contributed by atoms with Crippen molar-refractivity contribution < 1.29 is 9.72 Å². The largest absolute Gasteiger partial charge is 0.301 e. The van der Waals surface area contributed by atoms with Gasteiger partial charge in [0, 0.05) is 22.4 Å². The fourth-order valence-corrected chi connectivity index (χ4v) is 2.78. The standard InChI is InChI=1S/C12H11N3O3S2/c1-8-6-20-12(13-8)14-11(16)7-19-10-4-2-9(3-5-10)15(17)18/h2-6H,7H2,1H3,(H,13,14,16). The van der Waals surface area contributed by atoms with Crippen molar-refractivity contribution in [1.29, 1.82) is 0 Å². The van der Waals surface area contributed by atoms with E-state index in [0.29, 0.717) is 5.13 Å². The third-order valence-corrected chi connectivity index (χ3v) is 4.17. The number of nitrogens with zero attached hydrogens (tertiary/aromatic N) is 2. The van der Waals surface area contributed by atoms with Crippen molar-refractivity contribution >= 4 is 39.8 Å². The molecule has 1 amide bonds. The van der Waals surface area contributed by atoms with Gasteiger partial charge < -0.3 is 5.32 Å². The molecule has 0 aliphatic heterocycles. The number of hydrogen-bond donors (Lipinski definition) is 1. The molecule has 20 heavy (non-hydrogen) atoms. The summed E-state index contributed by atoms with van der Waals surface area (Å²) in [6.45, 7) is 1.86. The van der Waals surface area contributed by atoms with Crippen LogP contribution in [0.15, 0.2) is 34.5 Å². The van der Waals surface area contributed by atoms with Gasteiger partial charge in [-0.05, 0) is 19.1 Å². The van der Waals surface area contributed by atoms with Gasteiger partial charge in [0.05, 0.1) is 16.4 Å². The fraction of sp³-hybridized carbons (Fsp3) is 0.167. The molecule has 0 bridgehead atoms. The van der Waals surface area contributed by atoms with E-state index in [4.69, 9.17) is 0 Å². The Balaban J connectivity index is 1.85. The number of nitro groups is 1. The highest BCUT2D eigenvalue weighted by atomic mass is 32.2. The Morgan fingerprint density at radius 1 is 1.45 bits per heavy atom. The van der Waals surface area contributed by atoms with Crippen molar-refractivity contribution in [2.24, 2.45) is 0 Å². The van der Waals surface area contributed by atoms with Crippen LogP contribution in [-0.4, -0.2) is 21.6 Å². The molecule has 2 aromatic rings. The Morgan fingerprint density at radius 2 is 2.15 bits per heavy atom. The Labute approximate surface area is 123 Å². The van der Waals surface area contributed by atoms with E-state index in [1.807, 2.05) is 12.3 Å². The number of amides is 1. The third kappa shape index (κ3) is 4.04. The number of anilines is 1. The van der Waals surface area contributed by atoms with E-state index >= 15 is 0 Å². The second-order valence-electron chi connectivity index (χ2n) is 3.88. The minimum absolute atomic E-state index is 0.0389. The smallest absolute Gasteiger partial charge is 0.269 e. The number of non-ortho nitro benzene ring substituents is 1. The Morgan fingerprint density at radius 3 is 2.70 bits per heavy atom. The molecule has 0 spiro atoms. The zero-order valence-electron chi connectivity index (χ0n) is 10.5. The molecule has 8 heteroatoms. The van der Waals surface area contributed by atoms with Crippen LogP contribution in [-0.2, 0) is 4.79 Å². The van der Waals surface area contributed by atoms with Gasteiger partial charge in [-0.3, -0.25) is 14.9 Å². The summed E-state index contributed by atoms with van der Waals surface area (Å²) in [5.41, 5.74) is 0.908. The van der Waals surface area contributed by atoms with E-state index in [9.17, 15) is 14.9 Å². The predicted octanol–water partition coefficient (Wildman–Crippen LogP) is 3.09. The number of carbonyl (C=O) groups is 1. The maximum atomic E-state index is 11.7. The van der Waals surface area contributed by atoms with Gasteiger partial charge in [-0.25, -0.2) is 4.98 Å². The van der Waals surface area contributed by atoms with Crippen LogP contribution in [0.5, 0.6) is 0 Å². The van der Waals surface area contributed by atoms with Crippen molar-refractivity contribution in [3.05, 3.63) is 45.5 Å². The van der Waals surface area contributed by atoms with Crippen LogP contribution in [0.3, 0.4) is 0 Å². The van der Waals surface area contributed by atoms with Crippen LogP contribution in [0.4, 0.5) is 10.8 Å². The second kappa shape index (κ2) is 6.49. The Hall–Kier alpha value is -1.93. The number of nitrogens with one attached hydrogen (secondary N) is 1. The second-order valence-corrected chi connectivity index (χ2v) is 5.79. The number of rotatable bonds is 5. The van der Waals surface area contributed by atoms with E-state index in [1.165, 1.54) is 35.2 Å². The Bertz CT molecular complexity index is 625. The lowest BCUT2D eigenvalue weighted by molar-refractivity contribution is -0.384. The molecule has 0 radical (unpaired) electrons. The molecular weight excluding hydrogens is 298 g/mol. The minimum Gasteiger partial charge on any atom is -0.301 e. The van der Waals surface area contributed by atoms with Gasteiger partial charge in [-0.2, -0.15) is 0 Å². The van der Waals surface area contributed by atoms with Gasteiger partial charge >= 0.3 is 0 Å². The lowest BCUT2D eigenvalue weighted by Crippen LogP contribution is -2.13. The fourth-order valence-electron chi connectivity index (χ4n) is 1.38. The van der Waals surface area contributed by atoms with Gasteiger partial charge in [-0.15, -0.1) is 23.1 Å². The first-order valence-corrected chi connectivity index (χ1v) is 7.50. The number of carbonyl (C=O) groups excluding carboxylic acids is 1. The highest BCUT2D eigenvalue weighted by Crippen LogP contribution is 2.22. The number of nitro benzene ring substituents is 1. The maximum absolute atomic E-state index is 11.7. The summed E-state index contributed by atoms with van der Waals surface area (Å²) in [7, 11) is 0. The molecule has 1 N–H and O–H groups in total. The average Bonchev–Trinajstić information content (AvgIpc) is 2.82. The van der Waals surface area contributed by atoms with E-state index < -0.39 is 4.92 Å². The first kappa shape index (κ1) is 14.5. The topological polar surface area (TPSA) is 85.1 Å². The normalized spacial score (nSPS) is 10.2. The molecule has 0 atom stereocenters. The van der Waals surface area contributed by atoms with Crippen molar-refractivity contribution in [2.75, 3.05) is 11.1 Å². The van der Waals surface area contributed by atoms with E-state index in [1.54, 1.807) is 12.1 Å². The first-order valence-electron chi connectivity index (χ1n) is 5.64. The van der Waals surface area contributed by atoms with E-state index in [-0.39, 0.29) is 17.3 Å². The van der Waals surface area contributed by atoms with Gasteiger partial charge in [-0.1, -0.05) is 0 Å². The van der Waals surface area contributed by atoms with Gasteiger partial charge in [0.2, 0.25) is 5.91 Å². The lowest BCUT2D eigenvalue weighted by atomic mass is 10.3. The summed E-state index contributed by atoms with van der Waals surface area (Å²) in [6.07, 6.45) is 0. The lowest BCUT2D eigenvalue weighted by Gasteiger charge is -2.02. The molecular formula is C12H11N3O3S2. The molecule has 6 nitrogen and oxygen atoms in total. The minimum atomic E-state index is -0.452. The third-order valence-electron chi connectivity index (χ3n) is 2.28. The first-order chi connectivity index (χ1) is 9.54. The molecule has 1 heterocycles. The van der Waals surface area contributed by atoms with Crippen molar-refractivity contribution in [3.8, 4) is 0 Å². The summed E-state index contributed by atoms with van der Waals surface area (Å²) in [4.78, 5) is 26.7. The van der Waals surface area contributed by atoms with Gasteiger partial charge in [0.15, 0.2) is 5.13 Å². The van der Waals surface area contributed by atoms with Gasteiger partial charge in [0.1, 0.15) is 0 Å². The summed E-state index contributed by atoms with van der Waals surface area (Å²) >= 11 is 2.69. The maximum Gasteiger partial charge on any atom is 0.269 e. The molecule has 1 aromatic carbocycles. The van der Waals surface area contributed by atoms with Crippen LogP contribution in [0.1, 0.15) is 5.69 Å².